The van der Waals surface area contributed by atoms with Crippen LogP contribution in [0.5, 0.6) is 0 Å². The van der Waals surface area contributed by atoms with E-state index in [1.165, 1.54) is 24.6 Å². The van der Waals surface area contributed by atoms with Gasteiger partial charge in [0.05, 0.1) is 5.75 Å². The Hall–Kier alpha value is -1.83. The van der Waals surface area contributed by atoms with Crippen molar-refractivity contribution < 1.29 is 9.32 Å². The summed E-state index contributed by atoms with van der Waals surface area (Å²) in [6.07, 6.45) is 2.34. The number of amides is 1. The average molecular weight is 279 g/mol. The number of aryl methyl sites for hydroxylation is 1. The van der Waals surface area contributed by atoms with Crippen molar-refractivity contribution in [3.05, 3.63) is 17.7 Å². The van der Waals surface area contributed by atoms with Gasteiger partial charge in [-0.2, -0.15) is 0 Å². The van der Waals surface area contributed by atoms with Crippen molar-refractivity contribution in [1.82, 2.24) is 20.3 Å². The number of aromatic nitrogens is 4. The van der Waals surface area contributed by atoms with Gasteiger partial charge in [-0.1, -0.05) is 16.9 Å². The number of hydrogen-bond acceptors (Lipinski definition) is 6. The molecule has 2 heterocycles. The number of nitrogens with one attached hydrogen (secondary N) is 2. The van der Waals surface area contributed by atoms with Crippen molar-refractivity contribution >= 4 is 23.5 Å². The number of H-pyrrole nitrogens is 1. The molecule has 7 nitrogen and oxygen atoms in total. The SMILES string of the molecule is Cc1cc(NC(=O)CSc2n[nH]c(C3CC3)n2)no1. The molecule has 0 radical (unpaired) electrons. The smallest absolute Gasteiger partial charge is 0.236 e. The van der Waals surface area contributed by atoms with E-state index in [1.54, 1.807) is 13.0 Å². The Labute approximate surface area is 113 Å². The summed E-state index contributed by atoms with van der Waals surface area (Å²) in [7, 11) is 0. The average Bonchev–Trinajstić information content (AvgIpc) is 2.99. The molecular formula is C11H13N5O2S. The lowest BCUT2D eigenvalue weighted by molar-refractivity contribution is -0.113. The van der Waals surface area contributed by atoms with Crippen molar-refractivity contribution in [3.63, 3.8) is 0 Å². The van der Waals surface area contributed by atoms with Crippen LogP contribution in [0, 0.1) is 6.92 Å². The molecule has 2 N–H and O–H groups in total. The van der Waals surface area contributed by atoms with Gasteiger partial charge in [-0.05, 0) is 19.8 Å². The molecular weight excluding hydrogens is 266 g/mol. The van der Waals surface area contributed by atoms with Crippen LogP contribution in [0.4, 0.5) is 5.82 Å². The monoisotopic (exact) mass is 279 g/mol. The molecule has 1 amide bonds. The van der Waals surface area contributed by atoms with Gasteiger partial charge < -0.3 is 9.84 Å². The lowest BCUT2D eigenvalue weighted by Gasteiger charge is -1.98. The fourth-order valence-electron chi connectivity index (χ4n) is 1.60. The topological polar surface area (TPSA) is 96.7 Å². The maximum Gasteiger partial charge on any atom is 0.236 e. The van der Waals surface area contributed by atoms with Gasteiger partial charge in [-0.15, -0.1) is 5.10 Å². The minimum Gasteiger partial charge on any atom is -0.360 e. The number of thioether (sulfide) groups is 1. The number of carbonyl (C=O) groups is 1. The van der Waals surface area contributed by atoms with Crippen molar-refractivity contribution in [1.29, 1.82) is 0 Å². The molecule has 0 unspecified atom stereocenters. The van der Waals surface area contributed by atoms with Crippen LogP contribution in [0.3, 0.4) is 0 Å². The van der Waals surface area contributed by atoms with Gasteiger partial charge >= 0.3 is 0 Å². The summed E-state index contributed by atoms with van der Waals surface area (Å²) >= 11 is 1.30. The fourth-order valence-corrected chi connectivity index (χ4v) is 2.20. The van der Waals surface area contributed by atoms with E-state index < -0.39 is 0 Å². The number of anilines is 1. The predicted molar refractivity (Wildman–Crippen MR) is 69.0 cm³/mol. The molecule has 0 bridgehead atoms. The third-order valence-electron chi connectivity index (χ3n) is 2.67. The van der Waals surface area contributed by atoms with Crippen LogP contribution >= 0.6 is 11.8 Å². The molecule has 1 fully saturated rings. The van der Waals surface area contributed by atoms with Crippen LogP contribution in [-0.4, -0.2) is 32.0 Å². The second kappa shape index (κ2) is 5.04. The Kier molecular flexibility index (Phi) is 3.24. The third kappa shape index (κ3) is 3.14. The standard InChI is InChI=1S/C11H13N5O2S/c1-6-4-8(16-18-6)12-9(17)5-19-11-13-10(14-15-11)7-2-3-7/h4,7H,2-3,5H2,1H3,(H,12,16,17)(H,13,14,15). The molecule has 1 saturated carbocycles. The van der Waals surface area contributed by atoms with E-state index in [9.17, 15) is 4.79 Å². The molecule has 3 rings (SSSR count). The first-order valence-corrected chi connectivity index (χ1v) is 6.97. The van der Waals surface area contributed by atoms with E-state index in [0.29, 0.717) is 22.7 Å². The van der Waals surface area contributed by atoms with Gasteiger partial charge in [0.15, 0.2) is 5.82 Å². The van der Waals surface area contributed by atoms with Gasteiger partial charge in [0.1, 0.15) is 11.6 Å². The predicted octanol–water partition coefficient (Wildman–Crippen LogP) is 1.71. The van der Waals surface area contributed by atoms with Crippen LogP contribution in [0.25, 0.3) is 0 Å². The van der Waals surface area contributed by atoms with Crippen LogP contribution in [-0.2, 0) is 4.79 Å². The number of hydrogen-bond donors (Lipinski definition) is 2. The molecule has 19 heavy (non-hydrogen) atoms. The Morgan fingerprint density at radius 3 is 3.16 bits per heavy atom. The molecule has 8 heteroatoms. The van der Waals surface area contributed by atoms with E-state index in [2.05, 4.69) is 25.7 Å². The van der Waals surface area contributed by atoms with Crippen LogP contribution in [0.15, 0.2) is 15.7 Å². The summed E-state index contributed by atoms with van der Waals surface area (Å²) in [5, 5.41) is 13.9. The third-order valence-corrected chi connectivity index (χ3v) is 3.52. The number of carbonyl (C=O) groups excluding carboxylic acids is 1. The minimum atomic E-state index is -0.156. The summed E-state index contributed by atoms with van der Waals surface area (Å²) in [6, 6.07) is 1.67. The lowest BCUT2D eigenvalue weighted by Crippen LogP contribution is -2.14. The molecule has 0 aliphatic heterocycles. The van der Waals surface area contributed by atoms with E-state index in [4.69, 9.17) is 4.52 Å². The maximum absolute atomic E-state index is 11.7. The van der Waals surface area contributed by atoms with Crippen molar-refractivity contribution in [2.24, 2.45) is 0 Å². The maximum atomic E-state index is 11.7. The molecule has 0 spiro atoms. The first-order chi connectivity index (χ1) is 9.20. The summed E-state index contributed by atoms with van der Waals surface area (Å²) in [6.45, 7) is 1.77. The Balaban J connectivity index is 1.49. The highest BCUT2D eigenvalue weighted by molar-refractivity contribution is 7.99. The Morgan fingerprint density at radius 2 is 2.47 bits per heavy atom. The van der Waals surface area contributed by atoms with Crippen LogP contribution in [0.2, 0.25) is 0 Å². The number of nitrogens with zero attached hydrogens (tertiary/aromatic N) is 3. The molecule has 0 atom stereocenters. The van der Waals surface area contributed by atoms with Gasteiger partial charge in [0, 0.05) is 12.0 Å². The first kappa shape index (κ1) is 12.2. The summed E-state index contributed by atoms with van der Waals surface area (Å²) < 4.78 is 4.86. The molecule has 100 valence electrons. The summed E-state index contributed by atoms with van der Waals surface area (Å²) in [5.74, 6) is 2.64. The Morgan fingerprint density at radius 1 is 1.63 bits per heavy atom. The fraction of sp³-hybridized carbons (Fsp3) is 0.455. The number of aromatic amines is 1. The van der Waals surface area contributed by atoms with Crippen LogP contribution < -0.4 is 5.32 Å². The highest BCUT2D eigenvalue weighted by Crippen LogP contribution is 2.38. The van der Waals surface area contributed by atoms with Gasteiger partial charge in [-0.25, -0.2) is 4.98 Å². The molecule has 1 aliphatic rings. The molecule has 0 saturated heterocycles. The summed E-state index contributed by atoms with van der Waals surface area (Å²) in [5.41, 5.74) is 0. The van der Waals surface area contributed by atoms with E-state index in [1.807, 2.05) is 0 Å². The Bertz CT molecular complexity index is 589. The zero-order valence-corrected chi connectivity index (χ0v) is 11.2. The zero-order chi connectivity index (χ0) is 13.2. The normalized spacial score (nSPS) is 14.6. The zero-order valence-electron chi connectivity index (χ0n) is 10.3. The van der Waals surface area contributed by atoms with Gasteiger partial charge in [0.2, 0.25) is 11.1 Å². The van der Waals surface area contributed by atoms with E-state index in [-0.39, 0.29) is 11.7 Å². The highest BCUT2D eigenvalue weighted by atomic mass is 32.2. The quantitative estimate of drug-likeness (QED) is 0.809. The van der Waals surface area contributed by atoms with Crippen LogP contribution in [0.1, 0.15) is 30.3 Å². The molecule has 2 aromatic heterocycles. The summed E-state index contributed by atoms with van der Waals surface area (Å²) in [4.78, 5) is 16.0. The van der Waals surface area contributed by atoms with Crippen molar-refractivity contribution in [3.8, 4) is 0 Å². The van der Waals surface area contributed by atoms with Crippen molar-refractivity contribution in [2.75, 3.05) is 11.1 Å². The van der Waals surface area contributed by atoms with Crippen molar-refractivity contribution in [2.45, 2.75) is 30.8 Å². The lowest BCUT2D eigenvalue weighted by atomic mass is 10.4. The first-order valence-electron chi connectivity index (χ1n) is 5.99. The second-order valence-electron chi connectivity index (χ2n) is 4.44. The molecule has 0 aromatic carbocycles. The van der Waals surface area contributed by atoms with E-state index in [0.717, 1.165) is 5.82 Å². The molecule has 1 aliphatic carbocycles. The van der Waals surface area contributed by atoms with Gasteiger partial charge in [-0.3, -0.25) is 9.89 Å². The minimum absolute atomic E-state index is 0.156. The second-order valence-corrected chi connectivity index (χ2v) is 5.38. The van der Waals surface area contributed by atoms with Gasteiger partial charge in [0.25, 0.3) is 0 Å². The van der Waals surface area contributed by atoms with E-state index >= 15 is 0 Å². The molecule has 2 aromatic rings. The highest BCUT2D eigenvalue weighted by Gasteiger charge is 2.27. The largest absolute Gasteiger partial charge is 0.360 e. The number of rotatable bonds is 5.